The number of thioether (sulfide) groups is 1. The fourth-order valence-electron chi connectivity index (χ4n) is 2.39. The molecule has 0 saturated carbocycles. The molecule has 0 radical (unpaired) electrons. The monoisotopic (exact) mass is 349 g/mol. The first-order valence-corrected chi connectivity index (χ1v) is 8.35. The number of fused-ring (bicyclic) bond motifs is 1. The summed E-state index contributed by atoms with van der Waals surface area (Å²) in [4.78, 5) is 1.14. The van der Waals surface area contributed by atoms with Crippen LogP contribution < -0.4 is 10.5 Å². The van der Waals surface area contributed by atoms with Crippen molar-refractivity contribution in [3.63, 3.8) is 0 Å². The smallest absolute Gasteiger partial charge is 0.126 e. The lowest BCUT2D eigenvalue weighted by molar-refractivity contribution is 0.354. The first kappa shape index (κ1) is 13.8. The number of anilines is 1. The molecule has 0 unspecified atom stereocenters. The Morgan fingerprint density at radius 1 is 1.35 bits per heavy atom. The van der Waals surface area contributed by atoms with Crippen molar-refractivity contribution >= 4 is 33.4 Å². The van der Waals surface area contributed by atoms with E-state index in [-0.39, 0.29) is 0 Å². The molecular weight excluding hydrogens is 334 g/mol. The Morgan fingerprint density at radius 2 is 2.20 bits per heavy atom. The third kappa shape index (κ3) is 2.67. The number of ether oxygens (including phenoxy) is 1. The summed E-state index contributed by atoms with van der Waals surface area (Å²) in [5, 5.41) is 0. The van der Waals surface area contributed by atoms with Gasteiger partial charge in [0.1, 0.15) is 5.75 Å². The van der Waals surface area contributed by atoms with Crippen LogP contribution in [0.25, 0.3) is 0 Å². The van der Waals surface area contributed by atoms with Crippen molar-refractivity contribution < 1.29 is 4.74 Å². The number of para-hydroxylation sites is 1. The number of halogens is 1. The Hall–Kier alpha value is -1.13. The second kappa shape index (κ2) is 5.70. The highest BCUT2D eigenvalue weighted by molar-refractivity contribution is 9.10. The van der Waals surface area contributed by atoms with Gasteiger partial charge in [0.25, 0.3) is 0 Å². The minimum absolute atomic E-state index is 0.788. The summed E-state index contributed by atoms with van der Waals surface area (Å²) in [6.07, 6.45) is 0.999. The van der Waals surface area contributed by atoms with Crippen molar-refractivity contribution in [3.05, 3.63) is 51.5 Å². The summed E-state index contributed by atoms with van der Waals surface area (Å²) in [6.45, 7) is 2.83. The van der Waals surface area contributed by atoms with Crippen molar-refractivity contribution in [2.45, 2.75) is 24.0 Å². The number of aryl methyl sites for hydroxylation is 1. The van der Waals surface area contributed by atoms with Crippen LogP contribution in [0.3, 0.4) is 0 Å². The van der Waals surface area contributed by atoms with E-state index >= 15 is 0 Å². The van der Waals surface area contributed by atoms with Crippen LogP contribution in [0.2, 0.25) is 0 Å². The molecule has 104 valence electrons. The molecule has 0 saturated heterocycles. The normalized spacial score (nSPS) is 13.1. The average molecular weight is 350 g/mol. The number of hydrogen-bond donors (Lipinski definition) is 1. The van der Waals surface area contributed by atoms with E-state index in [2.05, 4.69) is 40.2 Å². The number of benzene rings is 2. The van der Waals surface area contributed by atoms with Crippen molar-refractivity contribution in [2.24, 2.45) is 0 Å². The fraction of sp³-hybridized carbons (Fsp3) is 0.250. The molecule has 0 spiro atoms. The molecular formula is C16H16BrNOS. The molecule has 2 nitrogen and oxygen atoms in total. The van der Waals surface area contributed by atoms with E-state index in [1.807, 2.05) is 13.0 Å². The SMILES string of the molecule is Cc1cccc(SCc2cc(Br)cc3c2OCC3)c1N. The Labute approximate surface area is 131 Å². The number of hydrogen-bond acceptors (Lipinski definition) is 3. The Morgan fingerprint density at radius 3 is 3.05 bits per heavy atom. The number of nitrogens with two attached hydrogens (primary N) is 1. The van der Waals surface area contributed by atoms with Gasteiger partial charge in [0, 0.05) is 32.8 Å². The van der Waals surface area contributed by atoms with E-state index in [4.69, 9.17) is 10.5 Å². The summed E-state index contributed by atoms with van der Waals surface area (Å²) in [7, 11) is 0. The molecule has 2 N–H and O–H groups in total. The zero-order valence-corrected chi connectivity index (χ0v) is 13.7. The highest BCUT2D eigenvalue weighted by Gasteiger charge is 2.17. The van der Waals surface area contributed by atoms with Crippen LogP contribution >= 0.6 is 27.7 Å². The molecule has 0 atom stereocenters. The largest absolute Gasteiger partial charge is 0.493 e. The van der Waals surface area contributed by atoms with Gasteiger partial charge in [-0.1, -0.05) is 28.1 Å². The lowest BCUT2D eigenvalue weighted by Crippen LogP contribution is -1.94. The van der Waals surface area contributed by atoms with E-state index in [0.29, 0.717) is 0 Å². The van der Waals surface area contributed by atoms with Crippen molar-refractivity contribution in [3.8, 4) is 5.75 Å². The molecule has 2 aromatic rings. The molecule has 4 heteroatoms. The quantitative estimate of drug-likeness (QED) is 0.651. The molecule has 3 rings (SSSR count). The van der Waals surface area contributed by atoms with Gasteiger partial charge in [0.05, 0.1) is 6.61 Å². The van der Waals surface area contributed by atoms with Gasteiger partial charge in [-0.25, -0.2) is 0 Å². The minimum Gasteiger partial charge on any atom is -0.493 e. The maximum Gasteiger partial charge on any atom is 0.126 e. The van der Waals surface area contributed by atoms with E-state index in [1.165, 1.54) is 11.1 Å². The van der Waals surface area contributed by atoms with Crippen molar-refractivity contribution in [1.29, 1.82) is 0 Å². The third-order valence-electron chi connectivity index (χ3n) is 3.49. The van der Waals surface area contributed by atoms with Gasteiger partial charge in [-0.05, 0) is 36.2 Å². The van der Waals surface area contributed by atoms with E-state index in [1.54, 1.807) is 11.8 Å². The predicted octanol–water partition coefficient (Wildman–Crippen LogP) is 4.57. The van der Waals surface area contributed by atoms with Gasteiger partial charge in [-0.15, -0.1) is 11.8 Å². The van der Waals surface area contributed by atoms with Gasteiger partial charge in [-0.2, -0.15) is 0 Å². The molecule has 0 fully saturated rings. The molecule has 1 aliphatic rings. The zero-order chi connectivity index (χ0) is 14.1. The fourth-order valence-corrected chi connectivity index (χ4v) is 3.96. The Balaban J connectivity index is 1.84. The van der Waals surface area contributed by atoms with Crippen LogP contribution in [0.4, 0.5) is 5.69 Å². The van der Waals surface area contributed by atoms with Crippen LogP contribution in [-0.4, -0.2) is 6.61 Å². The van der Waals surface area contributed by atoms with Crippen LogP contribution in [0.15, 0.2) is 39.7 Å². The van der Waals surface area contributed by atoms with Crippen LogP contribution in [0.1, 0.15) is 16.7 Å². The molecule has 0 bridgehead atoms. The summed E-state index contributed by atoms with van der Waals surface area (Å²) in [6, 6.07) is 10.5. The summed E-state index contributed by atoms with van der Waals surface area (Å²) < 4.78 is 6.88. The molecule has 1 heterocycles. The van der Waals surface area contributed by atoms with E-state index in [0.717, 1.165) is 45.1 Å². The second-order valence-corrected chi connectivity index (χ2v) is 6.86. The van der Waals surface area contributed by atoms with E-state index in [9.17, 15) is 0 Å². The van der Waals surface area contributed by atoms with Gasteiger partial charge in [0.15, 0.2) is 0 Å². The van der Waals surface area contributed by atoms with Gasteiger partial charge < -0.3 is 10.5 Å². The molecule has 1 aliphatic heterocycles. The highest BCUT2D eigenvalue weighted by atomic mass is 79.9. The Kier molecular flexibility index (Phi) is 3.94. The first-order chi connectivity index (χ1) is 9.65. The zero-order valence-electron chi connectivity index (χ0n) is 11.3. The summed E-state index contributed by atoms with van der Waals surface area (Å²) >= 11 is 5.34. The molecule has 2 aromatic carbocycles. The van der Waals surface area contributed by atoms with Crippen molar-refractivity contribution in [2.75, 3.05) is 12.3 Å². The summed E-state index contributed by atoms with van der Waals surface area (Å²) in [5.41, 5.74) is 10.7. The van der Waals surface area contributed by atoms with Gasteiger partial charge in [0.2, 0.25) is 0 Å². The lowest BCUT2D eigenvalue weighted by Gasteiger charge is -2.11. The first-order valence-electron chi connectivity index (χ1n) is 6.57. The minimum atomic E-state index is 0.788. The average Bonchev–Trinajstić information content (AvgIpc) is 2.88. The van der Waals surface area contributed by atoms with Crippen LogP contribution in [-0.2, 0) is 12.2 Å². The van der Waals surface area contributed by atoms with Gasteiger partial charge in [-0.3, -0.25) is 0 Å². The van der Waals surface area contributed by atoms with E-state index < -0.39 is 0 Å². The maximum absolute atomic E-state index is 6.13. The third-order valence-corrected chi connectivity index (χ3v) is 5.07. The predicted molar refractivity (Wildman–Crippen MR) is 88.5 cm³/mol. The summed E-state index contributed by atoms with van der Waals surface area (Å²) in [5.74, 6) is 1.93. The highest BCUT2D eigenvalue weighted by Crippen LogP contribution is 2.38. The van der Waals surface area contributed by atoms with Gasteiger partial charge >= 0.3 is 0 Å². The topological polar surface area (TPSA) is 35.2 Å². The van der Waals surface area contributed by atoms with Crippen LogP contribution in [0, 0.1) is 6.92 Å². The Bertz CT molecular complexity index is 657. The standard InChI is InChI=1S/C16H16BrNOS/c1-10-3-2-4-14(15(10)18)20-9-12-8-13(17)7-11-5-6-19-16(11)12/h2-4,7-8H,5-6,9,18H2,1H3. The number of rotatable bonds is 3. The number of nitrogen functional groups attached to an aromatic ring is 1. The molecule has 0 aromatic heterocycles. The lowest BCUT2D eigenvalue weighted by atomic mass is 10.1. The molecule has 0 aliphatic carbocycles. The molecule has 0 amide bonds. The van der Waals surface area contributed by atoms with Crippen molar-refractivity contribution in [1.82, 2.24) is 0 Å². The second-order valence-electron chi connectivity index (χ2n) is 4.93. The maximum atomic E-state index is 6.13. The van der Waals surface area contributed by atoms with Crippen LogP contribution in [0.5, 0.6) is 5.75 Å². The molecule has 20 heavy (non-hydrogen) atoms.